The van der Waals surface area contributed by atoms with Crippen LogP contribution in [0.2, 0.25) is 0 Å². The van der Waals surface area contributed by atoms with E-state index in [-0.39, 0.29) is 0 Å². The molecule has 0 spiro atoms. The van der Waals surface area contributed by atoms with E-state index >= 15 is 0 Å². The Morgan fingerprint density at radius 3 is 1.64 bits per heavy atom. The van der Waals surface area contributed by atoms with Gasteiger partial charge in [-0.25, -0.2) is 0 Å². The second-order valence-electron chi connectivity index (χ2n) is 1.99. The minimum absolute atomic E-state index is 0.432. The number of rotatable bonds is 8. The van der Waals surface area contributed by atoms with Crippen LogP contribution in [0.1, 0.15) is 19.3 Å². The Hall–Kier alpha value is -1.06. The van der Waals surface area contributed by atoms with Crippen molar-refractivity contribution in [1.29, 1.82) is 0 Å². The molecule has 0 aromatic rings. The predicted molar refractivity (Wildman–Crippen MR) is 37.9 cm³/mol. The van der Waals surface area contributed by atoms with Gasteiger partial charge in [0.2, 0.25) is 0 Å². The Bertz CT molecular complexity index is 90.6. The number of carbonyl (C=O) groups is 2. The van der Waals surface area contributed by atoms with Gasteiger partial charge in [0.15, 0.2) is 0 Å². The van der Waals surface area contributed by atoms with Crippen molar-refractivity contribution in [3.8, 4) is 0 Å². The van der Waals surface area contributed by atoms with Gasteiger partial charge in [0.25, 0.3) is 12.9 Å². The largest absolute Gasteiger partial charge is 0.468 e. The SMILES string of the molecule is O=COCCCCCOC=O. The lowest BCUT2D eigenvalue weighted by Gasteiger charge is -1.98. The fourth-order valence-electron chi connectivity index (χ4n) is 0.644. The van der Waals surface area contributed by atoms with Crippen LogP contribution in [0.5, 0.6) is 0 Å². The van der Waals surface area contributed by atoms with Crippen molar-refractivity contribution in [3.05, 3.63) is 0 Å². The van der Waals surface area contributed by atoms with Crippen LogP contribution in [-0.4, -0.2) is 26.2 Å². The third kappa shape index (κ3) is 8.94. The zero-order valence-corrected chi connectivity index (χ0v) is 6.32. The Labute approximate surface area is 65.5 Å². The number of unbranched alkanes of at least 4 members (excludes halogenated alkanes) is 2. The lowest BCUT2D eigenvalue weighted by molar-refractivity contribution is -0.129. The van der Waals surface area contributed by atoms with Gasteiger partial charge in [-0.1, -0.05) is 0 Å². The van der Waals surface area contributed by atoms with Crippen LogP contribution in [-0.2, 0) is 19.1 Å². The van der Waals surface area contributed by atoms with Gasteiger partial charge in [-0.15, -0.1) is 0 Å². The summed E-state index contributed by atoms with van der Waals surface area (Å²) >= 11 is 0. The quantitative estimate of drug-likeness (QED) is 0.383. The molecular weight excluding hydrogens is 148 g/mol. The van der Waals surface area contributed by atoms with Gasteiger partial charge in [0.1, 0.15) is 0 Å². The highest BCUT2D eigenvalue weighted by Gasteiger charge is 1.88. The molecule has 0 unspecified atom stereocenters. The predicted octanol–water partition coefficient (Wildman–Crippen LogP) is 0.503. The Morgan fingerprint density at radius 2 is 1.27 bits per heavy atom. The summed E-state index contributed by atoms with van der Waals surface area (Å²) in [6.45, 7) is 1.76. The van der Waals surface area contributed by atoms with Gasteiger partial charge in [-0.05, 0) is 19.3 Å². The molecule has 0 aromatic heterocycles. The Kier molecular flexibility index (Phi) is 8.08. The molecule has 11 heavy (non-hydrogen) atoms. The van der Waals surface area contributed by atoms with Crippen molar-refractivity contribution >= 4 is 12.9 Å². The van der Waals surface area contributed by atoms with Gasteiger partial charge in [-0.2, -0.15) is 0 Å². The molecule has 0 aromatic carbocycles. The molecule has 64 valence electrons. The van der Waals surface area contributed by atoms with Gasteiger partial charge in [-0.3, -0.25) is 9.59 Å². The molecule has 0 saturated heterocycles. The third-order valence-electron chi connectivity index (χ3n) is 1.16. The first-order chi connectivity index (χ1) is 5.41. The standard InChI is InChI=1S/C7H12O4/c8-6-10-4-2-1-3-5-11-7-9/h6-7H,1-5H2. The second-order valence-corrected chi connectivity index (χ2v) is 1.99. The van der Waals surface area contributed by atoms with Gasteiger partial charge in [0, 0.05) is 0 Å². The van der Waals surface area contributed by atoms with Crippen molar-refractivity contribution in [2.75, 3.05) is 13.2 Å². The molecule has 0 heterocycles. The summed E-state index contributed by atoms with van der Waals surface area (Å²) in [6.07, 6.45) is 2.55. The van der Waals surface area contributed by atoms with E-state index in [0.29, 0.717) is 26.2 Å². The molecule has 0 aliphatic carbocycles. The molecule has 0 radical (unpaired) electrons. The molecule has 0 amide bonds. The van der Waals surface area contributed by atoms with Gasteiger partial charge >= 0.3 is 0 Å². The maximum absolute atomic E-state index is 9.65. The average Bonchev–Trinajstić information content (AvgIpc) is 2.03. The van der Waals surface area contributed by atoms with Crippen molar-refractivity contribution in [2.24, 2.45) is 0 Å². The van der Waals surface area contributed by atoms with Crippen molar-refractivity contribution in [3.63, 3.8) is 0 Å². The van der Waals surface area contributed by atoms with E-state index in [2.05, 4.69) is 9.47 Å². The summed E-state index contributed by atoms with van der Waals surface area (Å²) in [5.41, 5.74) is 0. The average molecular weight is 160 g/mol. The molecular formula is C7H12O4. The maximum atomic E-state index is 9.65. The second kappa shape index (κ2) is 8.94. The molecule has 0 rings (SSSR count). The number of carbonyl (C=O) groups excluding carboxylic acids is 2. The fourth-order valence-corrected chi connectivity index (χ4v) is 0.644. The number of hydrogen-bond donors (Lipinski definition) is 0. The highest BCUT2D eigenvalue weighted by molar-refractivity contribution is 5.37. The summed E-state index contributed by atoms with van der Waals surface area (Å²) in [6, 6.07) is 0. The first-order valence-corrected chi connectivity index (χ1v) is 3.52. The molecule has 0 N–H and O–H groups in total. The maximum Gasteiger partial charge on any atom is 0.293 e. The summed E-state index contributed by atoms with van der Waals surface area (Å²) in [5, 5.41) is 0. The molecule has 4 nitrogen and oxygen atoms in total. The minimum atomic E-state index is 0.432. The first-order valence-electron chi connectivity index (χ1n) is 3.52. The summed E-state index contributed by atoms with van der Waals surface area (Å²) in [5.74, 6) is 0. The van der Waals surface area contributed by atoms with Crippen LogP contribution < -0.4 is 0 Å². The van der Waals surface area contributed by atoms with E-state index in [1.54, 1.807) is 0 Å². The fraction of sp³-hybridized carbons (Fsp3) is 0.714. The van der Waals surface area contributed by atoms with Crippen LogP contribution >= 0.6 is 0 Å². The van der Waals surface area contributed by atoms with Crippen LogP contribution in [0, 0.1) is 0 Å². The lowest BCUT2D eigenvalue weighted by atomic mass is 10.2. The molecule has 0 atom stereocenters. The highest BCUT2D eigenvalue weighted by Crippen LogP contribution is 1.94. The van der Waals surface area contributed by atoms with E-state index in [4.69, 9.17) is 0 Å². The molecule has 0 aliphatic heterocycles. The number of hydrogen-bond acceptors (Lipinski definition) is 4. The summed E-state index contributed by atoms with van der Waals surface area (Å²) in [7, 11) is 0. The normalized spacial score (nSPS) is 8.73. The minimum Gasteiger partial charge on any atom is -0.468 e. The Balaban J connectivity index is 2.79. The van der Waals surface area contributed by atoms with Gasteiger partial charge < -0.3 is 9.47 Å². The van der Waals surface area contributed by atoms with Crippen LogP contribution in [0.25, 0.3) is 0 Å². The molecule has 0 fully saturated rings. The van der Waals surface area contributed by atoms with Crippen molar-refractivity contribution < 1.29 is 19.1 Å². The number of ether oxygens (including phenoxy) is 2. The van der Waals surface area contributed by atoms with E-state index in [1.165, 1.54) is 0 Å². The lowest BCUT2D eigenvalue weighted by Crippen LogP contribution is -1.95. The van der Waals surface area contributed by atoms with E-state index in [0.717, 1.165) is 19.3 Å². The first kappa shape index (κ1) is 9.94. The zero-order valence-electron chi connectivity index (χ0n) is 6.32. The third-order valence-corrected chi connectivity index (χ3v) is 1.16. The molecule has 0 aliphatic rings. The van der Waals surface area contributed by atoms with Gasteiger partial charge in [0.05, 0.1) is 13.2 Å². The van der Waals surface area contributed by atoms with Crippen LogP contribution in [0.3, 0.4) is 0 Å². The zero-order chi connectivity index (χ0) is 8.36. The highest BCUT2D eigenvalue weighted by atomic mass is 16.5. The molecule has 0 saturated carbocycles. The van der Waals surface area contributed by atoms with E-state index in [1.807, 2.05) is 0 Å². The topological polar surface area (TPSA) is 52.6 Å². The molecule has 4 heteroatoms. The smallest absolute Gasteiger partial charge is 0.293 e. The van der Waals surface area contributed by atoms with E-state index in [9.17, 15) is 9.59 Å². The van der Waals surface area contributed by atoms with Crippen LogP contribution in [0.15, 0.2) is 0 Å². The van der Waals surface area contributed by atoms with Crippen molar-refractivity contribution in [1.82, 2.24) is 0 Å². The van der Waals surface area contributed by atoms with Crippen LogP contribution in [0.4, 0.5) is 0 Å². The van der Waals surface area contributed by atoms with Crippen molar-refractivity contribution in [2.45, 2.75) is 19.3 Å². The molecule has 0 bridgehead atoms. The van der Waals surface area contributed by atoms with E-state index < -0.39 is 0 Å². The summed E-state index contributed by atoms with van der Waals surface area (Å²) in [4.78, 5) is 19.3. The Morgan fingerprint density at radius 1 is 0.818 bits per heavy atom. The summed E-state index contributed by atoms with van der Waals surface area (Å²) < 4.78 is 8.90. The monoisotopic (exact) mass is 160 g/mol.